The molecule has 0 saturated carbocycles. The highest BCUT2D eigenvalue weighted by molar-refractivity contribution is 5.95. The second-order valence-electron chi connectivity index (χ2n) is 7.87. The van der Waals surface area contributed by atoms with E-state index in [1.54, 1.807) is 24.0 Å². The molecule has 5 rings (SSSR count). The lowest BCUT2D eigenvalue weighted by Gasteiger charge is -2.35. The zero-order valence-corrected chi connectivity index (χ0v) is 17.7. The maximum Gasteiger partial charge on any atom is 0.273 e. The van der Waals surface area contributed by atoms with Gasteiger partial charge in [-0.15, -0.1) is 10.2 Å². The fourth-order valence-corrected chi connectivity index (χ4v) is 4.14. The number of carbonyl (C=O) groups is 1. The van der Waals surface area contributed by atoms with Gasteiger partial charge in [0.05, 0.1) is 10.4 Å². The average molecular weight is 431 g/mol. The second kappa shape index (κ2) is 7.56. The minimum absolute atomic E-state index is 0.0414. The first kappa shape index (κ1) is 19.9. The van der Waals surface area contributed by atoms with E-state index in [1.807, 2.05) is 35.6 Å². The Balaban J connectivity index is 1.41. The molecule has 1 saturated heterocycles. The topological polar surface area (TPSA) is 110 Å². The quantitative estimate of drug-likeness (QED) is 0.362. The summed E-state index contributed by atoms with van der Waals surface area (Å²) in [5, 5.41) is 20.8. The van der Waals surface area contributed by atoms with Crippen molar-refractivity contribution in [3.63, 3.8) is 0 Å². The van der Waals surface area contributed by atoms with Crippen LogP contribution in [0.1, 0.15) is 21.7 Å². The molecule has 0 spiro atoms. The summed E-state index contributed by atoms with van der Waals surface area (Å²) in [5.41, 5.74) is 2.42. The van der Waals surface area contributed by atoms with Gasteiger partial charge in [-0.2, -0.15) is 0 Å². The molecule has 10 nitrogen and oxygen atoms in total. The SMILES string of the molecule is Cc1ccc(C(=O)N2CCN(c3nc4ccccc4c4nnc(C)n34)CC2)cc1[N+](=O)[O-]. The van der Waals surface area contributed by atoms with Crippen molar-refractivity contribution in [3.05, 3.63) is 69.5 Å². The number of aromatic nitrogens is 4. The average Bonchev–Trinajstić information content (AvgIpc) is 3.20. The van der Waals surface area contributed by atoms with Crippen LogP contribution < -0.4 is 4.90 Å². The number of carbonyl (C=O) groups excluding carboxylic acids is 1. The monoisotopic (exact) mass is 431 g/mol. The summed E-state index contributed by atoms with van der Waals surface area (Å²) in [4.78, 5) is 32.5. The molecule has 0 N–H and O–H groups in total. The highest BCUT2D eigenvalue weighted by Gasteiger charge is 2.26. The largest absolute Gasteiger partial charge is 0.338 e. The number of benzene rings is 2. The molecule has 1 aliphatic rings. The van der Waals surface area contributed by atoms with Crippen LogP contribution in [0.4, 0.5) is 11.6 Å². The lowest BCUT2D eigenvalue weighted by molar-refractivity contribution is -0.385. The van der Waals surface area contributed by atoms with Crippen molar-refractivity contribution in [1.29, 1.82) is 0 Å². The third-order valence-corrected chi connectivity index (χ3v) is 5.89. The van der Waals surface area contributed by atoms with Crippen LogP contribution in [0.3, 0.4) is 0 Å². The lowest BCUT2D eigenvalue weighted by Crippen LogP contribution is -2.49. The van der Waals surface area contributed by atoms with Crippen molar-refractivity contribution in [1.82, 2.24) is 24.5 Å². The molecule has 2 aromatic heterocycles. The predicted octanol–water partition coefficient (Wildman–Crippen LogP) is 2.76. The zero-order valence-electron chi connectivity index (χ0n) is 17.7. The Morgan fingerprint density at radius 1 is 1.03 bits per heavy atom. The molecule has 4 aromatic rings. The van der Waals surface area contributed by atoms with E-state index in [0.29, 0.717) is 37.3 Å². The Kier molecular flexibility index (Phi) is 4.69. The number of rotatable bonds is 3. The van der Waals surface area contributed by atoms with E-state index in [-0.39, 0.29) is 11.6 Å². The van der Waals surface area contributed by atoms with Gasteiger partial charge in [-0.05, 0) is 32.0 Å². The molecule has 0 aliphatic carbocycles. The van der Waals surface area contributed by atoms with Crippen LogP contribution in [0.5, 0.6) is 0 Å². The summed E-state index contributed by atoms with van der Waals surface area (Å²) in [6, 6.07) is 12.4. The Morgan fingerprint density at radius 3 is 2.53 bits per heavy atom. The Hall–Kier alpha value is -4.08. The third kappa shape index (κ3) is 3.20. The van der Waals surface area contributed by atoms with E-state index < -0.39 is 4.92 Å². The van der Waals surface area contributed by atoms with Crippen molar-refractivity contribution >= 4 is 34.1 Å². The zero-order chi connectivity index (χ0) is 22.4. The van der Waals surface area contributed by atoms with Gasteiger partial charge in [0.25, 0.3) is 11.6 Å². The minimum Gasteiger partial charge on any atom is -0.338 e. The van der Waals surface area contributed by atoms with Gasteiger partial charge in [-0.3, -0.25) is 14.9 Å². The van der Waals surface area contributed by atoms with Crippen LogP contribution in [-0.4, -0.2) is 61.5 Å². The molecule has 32 heavy (non-hydrogen) atoms. The van der Waals surface area contributed by atoms with Gasteiger partial charge in [0.1, 0.15) is 5.82 Å². The Labute approximate surface area is 183 Å². The van der Waals surface area contributed by atoms with E-state index in [2.05, 4.69) is 15.1 Å². The van der Waals surface area contributed by atoms with Crippen LogP contribution >= 0.6 is 0 Å². The number of amides is 1. The maximum atomic E-state index is 13.0. The first-order valence-corrected chi connectivity index (χ1v) is 10.3. The molecule has 1 fully saturated rings. The van der Waals surface area contributed by atoms with E-state index in [9.17, 15) is 14.9 Å². The molecule has 162 valence electrons. The van der Waals surface area contributed by atoms with Gasteiger partial charge in [-0.25, -0.2) is 9.38 Å². The predicted molar refractivity (Wildman–Crippen MR) is 119 cm³/mol. The van der Waals surface area contributed by atoms with Gasteiger partial charge >= 0.3 is 0 Å². The normalized spacial score (nSPS) is 14.3. The van der Waals surface area contributed by atoms with Crippen molar-refractivity contribution in [2.45, 2.75) is 13.8 Å². The molecule has 0 radical (unpaired) electrons. The smallest absolute Gasteiger partial charge is 0.273 e. The number of hydrogen-bond acceptors (Lipinski definition) is 7. The van der Waals surface area contributed by atoms with E-state index >= 15 is 0 Å². The van der Waals surface area contributed by atoms with Crippen molar-refractivity contribution < 1.29 is 9.72 Å². The van der Waals surface area contributed by atoms with Crippen molar-refractivity contribution in [2.75, 3.05) is 31.1 Å². The van der Waals surface area contributed by atoms with Gasteiger partial charge in [0.15, 0.2) is 5.65 Å². The summed E-state index contributed by atoms with van der Waals surface area (Å²) in [5.74, 6) is 1.29. The number of hydrogen-bond donors (Lipinski definition) is 0. The Bertz CT molecular complexity index is 1370. The number of aryl methyl sites for hydroxylation is 2. The summed E-state index contributed by atoms with van der Waals surface area (Å²) in [6.45, 7) is 5.68. The summed E-state index contributed by atoms with van der Waals surface area (Å²) >= 11 is 0. The van der Waals surface area contributed by atoms with Gasteiger partial charge < -0.3 is 9.80 Å². The number of nitro benzene ring substituents is 1. The number of fused-ring (bicyclic) bond motifs is 3. The van der Waals surface area contributed by atoms with E-state index in [1.165, 1.54) is 6.07 Å². The fourth-order valence-electron chi connectivity index (χ4n) is 4.14. The highest BCUT2D eigenvalue weighted by atomic mass is 16.6. The van der Waals surface area contributed by atoms with Crippen molar-refractivity contribution in [3.8, 4) is 0 Å². The van der Waals surface area contributed by atoms with Crippen LogP contribution in [0.15, 0.2) is 42.5 Å². The molecule has 10 heteroatoms. The molecule has 3 heterocycles. The van der Waals surface area contributed by atoms with Crippen LogP contribution in [0, 0.1) is 24.0 Å². The maximum absolute atomic E-state index is 13.0. The number of para-hydroxylation sites is 1. The molecule has 1 aliphatic heterocycles. The molecule has 1 amide bonds. The number of nitro groups is 1. The molecule has 0 atom stereocenters. The van der Waals surface area contributed by atoms with Gasteiger partial charge in [-0.1, -0.05) is 18.2 Å². The summed E-state index contributed by atoms with van der Waals surface area (Å²) < 4.78 is 1.95. The molecule has 0 unspecified atom stereocenters. The fraction of sp³-hybridized carbons (Fsp3) is 0.273. The van der Waals surface area contributed by atoms with Gasteiger partial charge in [0.2, 0.25) is 5.95 Å². The number of piperazine rings is 1. The Morgan fingerprint density at radius 2 is 1.78 bits per heavy atom. The minimum atomic E-state index is -0.456. The molecular weight excluding hydrogens is 410 g/mol. The summed E-state index contributed by atoms with van der Waals surface area (Å²) in [6.07, 6.45) is 0. The highest BCUT2D eigenvalue weighted by Crippen LogP contribution is 2.25. The third-order valence-electron chi connectivity index (χ3n) is 5.89. The van der Waals surface area contributed by atoms with Crippen LogP contribution in [0.25, 0.3) is 16.6 Å². The molecule has 0 bridgehead atoms. The standard InChI is InChI=1S/C22H21N7O3/c1-14-7-8-16(13-19(14)29(31)32)21(30)26-9-11-27(12-10-26)22-23-18-6-4-3-5-17(18)20-25-24-15(2)28(20)22/h3-8,13H,9-12H2,1-2H3. The second-order valence-corrected chi connectivity index (χ2v) is 7.87. The van der Waals surface area contributed by atoms with E-state index in [4.69, 9.17) is 4.98 Å². The van der Waals surface area contributed by atoms with Crippen LogP contribution in [-0.2, 0) is 0 Å². The van der Waals surface area contributed by atoms with Crippen LogP contribution in [0.2, 0.25) is 0 Å². The lowest BCUT2D eigenvalue weighted by atomic mass is 10.1. The van der Waals surface area contributed by atoms with Gasteiger partial charge in [0, 0.05) is 48.8 Å². The van der Waals surface area contributed by atoms with Crippen molar-refractivity contribution in [2.24, 2.45) is 0 Å². The molecular formula is C22H21N7O3. The first-order chi connectivity index (χ1) is 15.4. The number of nitrogens with zero attached hydrogens (tertiary/aromatic N) is 7. The summed E-state index contributed by atoms with van der Waals surface area (Å²) in [7, 11) is 0. The number of anilines is 1. The first-order valence-electron chi connectivity index (χ1n) is 10.3. The van der Waals surface area contributed by atoms with E-state index in [0.717, 1.165) is 28.3 Å². The molecule has 2 aromatic carbocycles.